The lowest BCUT2D eigenvalue weighted by molar-refractivity contribution is -0.121. The number of carbonyl (C=O) groups excluding carboxylic acids is 1. The highest BCUT2D eigenvalue weighted by Crippen LogP contribution is 2.29. The summed E-state index contributed by atoms with van der Waals surface area (Å²) < 4.78 is 5.93. The Balaban J connectivity index is 1.61. The molecule has 132 valence electrons. The van der Waals surface area contributed by atoms with Gasteiger partial charge in [0, 0.05) is 6.54 Å². The Morgan fingerprint density at radius 1 is 0.885 bits per heavy atom. The van der Waals surface area contributed by atoms with E-state index in [2.05, 4.69) is 10.6 Å². The Morgan fingerprint density at radius 2 is 1.50 bits per heavy atom. The van der Waals surface area contributed by atoms with Gasteiger partial charge in [-0.15, -0.1) is 0 Å². The van der Waals surface area contributed by atoms with Crippen molar-refractivity contribution >= 4 is 11.6 Å². The lowest BCUT2D eigenvalue weighted by Crippen LogP contribution is -2.37. The van der Waals surface area contributed by atoms with E-state index in [1.165, 1.54) is 0 Å². The van der Waals surface area contributed by atoms with E-state index in [1.54, 1.807) is 0 Å². The van der Waals surface area contributed by atoms with Crippen molar-refractivity contribution < 1.29 is 9.53 Å². The topological polar surface area (TPSA) is 50.4 Å². The maximum absolute atomic E-state index is 12.4. The zero-order valence-electron chi connectivity index (χ0n) is 14.7. The molecule has 0 aliphatic heterocycles. The zero-order valence-corrected chi connectivity index (χ0v) is 14.7. The number of rotatable bonds is 7. The molecule has 0 aliphatic carbocycles. The average Bonchev–Trinajstić information content (AvgIpc) is 2.69. The van der Waals surface area contributed by atoms with Gasteiger partial charge in [0.25, 0.3) is 0 Å². The molecule has 4 nitrogen and oxygen atoms in total. The largest absolute Gasteiger partial charge is 0.455 e. The van der Waals surface area contributed by atoms with Crippen LogP contribution in [0.5, 0.6) is 11.5 Å². The van der Waals surface area contributed by atoms with E-state index < -0.39 is 0 Å². The summed E-state index contributed by atoms with van der Waals surface area (Å²) in [6, 6.07) is 26.6. The fourth-order valence-electron chi connectivity index (χ4n) is 2.53. The Morgan fingerprint density at radius 3 is 2.23 bits per heavy atom. The molecule has 0 saturated carbocycles. The minimum atomic E-state index is -0.390. The maximum Gasteiger partial charge on any atom is 0.242 e. The fraction of sp³-hybridized carbons (Fsp3) is 0.136. The summed E-state index contributed by atoms with van der Waals surface area (Å²) in [6.45, 7) is 2.34. The van der Waals surface area contributed by atoms with Crippen LogP contribution in [0.3, 0.4) is 0 Å². The number of nitrogens with one attached hydrogen (secondary N) is 2. The third-order valence-corrected chi connectivity index (χ3v) is 3.93. The van der Waals surface area contributed by atoms with Crippen molar-refractivity contribution in [3.63, 3.8) is 0 Å². The first-order chi connectivity index (χ1) is 12.7. The van der Waals surface area contributed by atoms with Crippen LogP contribution in [-0.2, 0) is 11.3 Å². The third kappa shape index (κ3) is 4.86. The van der Waals surface area contributed by atoms with Crippen LogP contribution in [0.15, 0.2) is 84.9 Å². The van der Waals surface area contributed by atoms with Crippen molar-refractivity contribution in [2.45, 2.75) is 19.5 Å². The minimum Gasteiger partial charge on any atom is -0.455 e. The molecule has 0 fully saturated rings. The van der Waals surface area contributed by atoms with Crippen LogP contribution in [0.2, 0.25) is 0 Å². The van der Waals surface area contributed by atoms with Crippen LogP contribution in [0.4, 0.5) is 5.69 Å². The van der Waals surface area contributed by atoms with Crippen molar-refractivity contribution in [2.24, 2.45) is 0 Å². The molecule has 0 radical (unpaired) electrons. The molecular weight excluding hydrogens is 324 g/mol. The van der Waals surface area contributed by atoms with Gasteiger partial charge >= 0.3 is 0 Å². The van der Waals surface area contributed by atoms with E-state index in [9.17, 15) is 4.79 Å². The summed E-state index contributed by atoms with van der Waals surface area (Å²) in [5.41, 5.74) is 1.85. The van der Waals surface area contributed by atoms with Crippen molar-refractivity contribution in [2.75, 3.05) is 5.32 Å². The number of ether oxygens (including phenoxy) is 1. The van der Waals surface area contributed by atoms with Gasteiger partial charge in [-0.2, -0.15) is 0 Å². The van der Waals surface area contributed by atoms with E-state index >= 15 is 0 Å². The number of anilines is 1. The third-order valence-electron chi connectivity index (χ3n) is 3.93. The monoisotopic (exact) mass is 346 g/mol. The first kappa shape index (κ1) is 17.5. The van der Waals surface area contributed by atoms with Crippen molar-refractivity contribution in [3.05, 3.63) is 90.5 Å². The molecule has 0 aromatic heterocycles. The predicted molar refractivity (Wildman–Crippen MR) is 104 cm³/mol. The number of amides is 1. The summed E-state index contributed by atoms with van der Waals surface area (Å²) in [5, 5.41) is 6.18. The fourth-order valence-corrected chi connectivity index (χ4v) is 2.53. The molecule has 4 heteroatoms. The average molecular weight is 346 g/mol. The molecule has 1 amide bonds. The molecule has 3 aromatic rings. The van der Waals surface area contributed by atoms with Gasteiger partial charge in [-0.05, 0) is 36.8 Å². The molecule has 0 saturated heterocycles. The van der Waals surface area contributed by atoms with Crippen molar-refractivity contribution in [1.82, 2.24) is 5.32 Å². The van der Waals surface area contributed by atoms with Crippen molar-refractivity contribution in [1.29, 1.82) is 0 Å². The summed E-state index contributed by atoms with van der Waals surface area (Å²) in [7, 11) is 0. The summed E-state index contributed by atoms with van der Waals surface area (Å²) in [6.07, 6.45) is 0. The van der Waals surface area contributed by atoms with Crippen LogP contribution >= 0.6 is 0 Å². The van der Waals surface area contributed by atoms with E-state index in [4.69, 9.17) is 4.74 Å². The molecule has 0 heterocycles. The standard InChI is InChI=1S/C22H22N2O2/c1-17(22(25)23-16-18-10-4-2-5-11-18)24-20-14-8-9-15-21(20)26-19-12-6-3-7-13-19/h2-15,17,24H,16H2,1H3,(H,23,25). The molecule has 0 bridgehead atoms. The second-order valence-corrected chi connectivity index (χ2v) is 5.98. The molecule has 0 spiro atoms. The quantitative estimate of drug-likeness (QED) is 0.657. The summed E-state index contributed by atoms with van der Waals surface area (Å²) in [5.74, 6) is 1.37. The molecule has 1 unspecified atom stereocenters. The van der Waals surface area contributed by atoms with Gasteiger partial charge in [0.05, 0.1) is 5.69 Å². The molecule has 2 N–H and O–H groups in total. The highest BCUT2D eigenvalue weighted by molar-refractivity contribution is 5.84. The molecule has 3 rings (SSSR count). The first-order valence-electron chi connectivity index (χ1n) is 8.62. The second-order valence-electron chi connectivity index (χ2n) is 5.98. The Bertz CT molecular complexity index is 835. The van der Waals surface area contributed by atoms with Gasteiger partial charge in [-0.1, -0.05) is 60.7 Å². The number of hydrogen-bond acceptors (Lipinski definition) is 3. The second kappa shape index (κ2) is 8.72. The van der Waals surface area contributed by atoms with Crippen molar-refractivity contribution in [3.8, 4) is 11.5 Å². The van der Waals surface area contributed by atoms with Gasteiger partial charge in [0.2, 0.25) is 5.91 Å². The maximum atomic E-state index is 12.4. The number of benzene rings is 3. The number of hydrogen-bond donors (Lipinski definition) is 2. The number of carbonyl (C=O) groups is 1. The highest BCUT2D eigenvalue weighted by atomic mass is 16.5. The Hall–Kier alpha value is -3.27. The zero-order chi connectivity index (χ0) is 18.2. The van der Waals surface area contributed by atoms with Crippen LogP contribution in [-0.4, -0.2) is 11.9 Å². The molecule has 0 aliphatic rings. The predicted octanol–water partition coefficient (Wildman–Crippen LogP) is 4.60. The lowest BCUT2D eigenvalue weighted by Gasteiger charge is -2.18. The Kier molecular flexibility index (Phi) is 5.88. The van der Waals surface area contributed by atoms with Crippen LogP contribution in [0.25, 0.3) is 0 Å². The molecule has 3 aromatic carbocycles. The highest BCUT2D eigenvalue weighted by Gasteiger charge is 2.14. The van der Waals surface area contributed by atoms with Gasteiger partial charge in [0.1, 0.15) is 11.8 Å². The van der Waals surface area contributed by atoms with Crippen LogP contribution in [0, 0.1) is 0 Å². The van der Waals surface area contributed by atoms with Gasteiger partial charge in [-0.3, -0.25) is 4.79 Å². The minimum absolute atomic E-state index is 0.0663. The van der Waals surface area contributed by atoms with E-state index in [-0.39, 0.29) is 11.9 Å². The van der Waals surface area contributed by atoms with E-state index in [0.717, 1.165) is 17.0 Å². The first-order valence-corrected chi connectivity index (χ1v) is 8.62. The lowest BCUT2D eigenvalue weighted by atomic mass is 10.2. The number of para-hydroxylation sites is 3. The van der Waals surface area contributed by atoms with Gasteiger partial charge < -0.3 is 15.4 Å². The molecule has 1 atom stereocenters. The van der Waals surface area contributed by atoms with Gasteiger partial charge in [-0.25, -0.2) is 0 Å². The molecular formula is C22H22N2O2. The summed E-state index contributed by atoms with van der Waals surface area (Å²) in [4.78, 5) is 12.4. The van der Waals surface area contributed by atoms with E-state index in [1.807, 2.05) is 91.9 Å². The Labute approximate surface area is 153 Å². The smallest absolute Gasteiger partial charge is 0.242 e. The van der Waals surface area contributed by atoms with Crippen LogP contribution in [0.1, 0.15) is 12.5 Å². The van der Waals surface area contributed by atoms with E-state index in [0.29, 0.717) is 12.3 Å². The SMILES string of the molecule is CC(Nc1ccccc1Oc1ccccc1)C(=O)NCc1ccccc1. The van der Waals surface area contributed by atoms with Gasteiger partial charge in [0.15, 0.2) is 5.75 Å². The summed E-state index contributed by atoms with van der Waals surface area (Å²) >= 11 is 0. The molecule has 26 heavy (non-hydrogen) atoms. The normalized spacial score (nSPS) is 11.4. The van der Waals surface area contributed by atoms with Crippen LogP contribution < -0.4 is 15.4 Å².